The Kier molecular flexibility index (Phi) is 2.60. The monoisotopic (exact) mass is 159 g/mol. The van der Waals surface area contributed by atoms with Gasteiger partial charge in [-0.1, -0.05) is 13.8 Å². The molecule has 10 heavy (non-hydrogen) atoms. The second kappa shape index (κ2) is 3.28. The van der Waals surface area contributed by atoms with Crippen molar-refractivity contribution in [3.63, 3.8) is 0 Å². The third-order valence-corrected chi connectivity index (χ3v) is 3.11. The molecule has 2 atom stereocenters. The second-order valence-electron chi connectivity index (χ2n) is 2.60. The summed E-state index contributed by atoms with van der Waals surface area (Å²) in [7, 11) is 0. The van der Waals surface area contributed by atoms with Gasteiger partial charge in [-0.05, 0) is 6.42 Å². The molecule has 3 heteroatoms. The second-order valence-corrected chi connectivity index (χ2v) is 3.96. The van der Waals surface area contributed by atoms with Crippen molar-refractivity contribution in [2.24, 2.45) is 0 Å². The van der Waals surface area contributed by atoms with Gasteiger partial charge >= 0.3 is 0 Å². The van der Waals surface area contributed by atoms with E-state index < -0.39 is 0 Å². The van der Waals surface area contributed by atoms with E-state index in [0.717, 1.165) is 6.42 Å². The third-order valence-electron chi connectivity index (χ3n) is 1.83. The molecule has 1 N–H and O–H groups in total. The Morgan fingerprint density at radius 3 is 3.00 bits per heavy atom. The molecule has 1 aliphatic rings. The minimum atomic E-state index is 0.190. The number of thioether (sulfide) groups is 1. The van der Waals surface area contributed by atoms with Crippen molar-refractivity contribution in [2.75, 3.05) is 5.75 Å². The van der Waals surface area contributed by atoms with Crippen molar-refractivity contribution in [2.45, 2.75) is 31.6 Å². The maximum absolute atomic E-state index is 10.8. The fourth-order valence-electron chi connectivity index (χ4n) is 1.12. The highest BCUT2D eigenvalue weighted by Crippen LogP contribution is 2.19. The maximum atomic E-state index is 10.8. The molecule has 0 aromatic carbocycles. The SMILES string of the molecule is CCC1NC(=O)CSC1C. The van der Waals surface area contributed by atoms with Crippen molar-refractivity contribution in [1.29, 1.82) is 0 Å². The zero-order valence-corrected chi connectivity index (χ0v) is 7.20. The van der Waals surface area contributed by atoms with Crippen LogP contribution in [0.15, 0.2) is 0 Å². The lowest BCUT2D eigenvalue weighted by Crippen LogP contribution is -2.45. The molecular formula is C7H13NOS. The summed E-state index contributed by atoms with van der Waals surface area (Å²) in [5.74, 6) is 0.826. The number of hydrogen-bond donors (Lipinski definition) is 1. The van der Waals surface area contributed by atoms with Crippen molar-refractivity contribution in [3.8, 4) is 0 Å². The third kappa shape index (κ3) is 1.66. The molecule has 0 aromatic rings. The summed E-state index contributed by atoms with van der Waals surface area (Å²) in [6.07, 6.45) is 1.04. The zero-order chi connectivity index (χ0) is 7.56. The highest BCUT2D eigenvalue weighted by Gasteiger charge is 2.23. The highest BCUT2D eigenvalue weighted by molar-refractivity contribution is 8.00. The molecule has 2 unspecified atom stereocenters. The molecule has 58 valence electrons. The number of hydrogen-bond acceptors (Lipinski definition) is 2. The minimum absolute atomic E-state index is 0.190. The summed E-state index contributed by atoms with van der Waals surface area (Å²) in [5, 5.41) is 3.54. The summed E-state index contributed by atoms with van der Waals surface area (Å²) >= 11 is 1.75. The van der Waals surface area contributed by atoms with E-state index in [9.17, 15) is 4.79 Å². The topological polar surface area (TPSA) is 29.1 Å². The van der Waals surface area contributed by atoms with Gasteiger partial charge in [0.05, 0.1) is 5.75 Å². The van der Waals surface area contributed by atoms with Gasteiger partial charge in [0, 0.05) is 11.3 Å². The molecule has 0 bridgehead atoms. The lowest BCUT2D eigenvalue weighted by atomic mass is 10.1. The Bertz CT molecular complexity index is 138. The van der Waals surface area contributed by atoms with Crippen molar-refractivity contribution < 1.29 is 4.79 Å². The van der Waals surface area contributed by atoms with E-state index in [4.69, 9.17) is 0 Å². The number of rotatable bonds is 1. The van der Waals surface area contributed by atoms with E-state index in [-0.39, 0.29) is 5.91 Å². The van der Waals surface area contributed by atoms with Gasteiger partial charge in [0.1, 0.15) is 0 Å². The lowest BCUT2D eigenvalue weighted by molar-refractivity contribution is -0.119. The number of carbonyl (C=O) groups excluding carboxylic acids is 1. The van der Waals surface area contributed by atoms with Gasteiger partial charge in [-0.25, -0.2) is 0 Å². The quantitative estimate of drug-likeness (QED) is 0.619. The predicted octanol–water partition coefficient (Wildman–Crippen LogP) is 1.02. The van der Waals surface area contributed by atoms with Gasteiger partial charge in [-0.2, -0.15) is 0 Å². The Morgan fingerprint density at radius 1 is 1.80 bits per heavy atom. The molecule has 1 heterocycles. The van der Waals surface area contributed by atoms with E-state index in [2.05, 4.69) is 19.2 Å². The predicted molar refractivity (Wildman–Crippen MR) is 44.1 cm³/mol. The Labute approximate surface area is 65.8 Å². The first-order chi connectivity index (χ1) is 4.74. The van der Waals surface area contributed by atoms with Crippen LogP contribution in [0.2, 0.25) is 0 Å². The molecule has 0 aromatic heterocycles. The van der Waals surface area contributed by atoms with E-state index in [1.807, 2.05) is 0 Å². The average Bonchev–Trinajstić information content (AvgIpc) is 1.94. The van der Waals surface area contributed by atoms with Crippen LogP contribution in [0.1, 0.15) is 20.3 Å². The van der Waals surface area contributed by atoms with Crippen LogP contribution >= 0.6 is 11.8 Å². The molecule has 1 fully saturated rings. The van der Waals surface area contributed by atoms with Crippen LogP contribution in [0.5, 0.6) is 0 Å². The molecular weight excluding hydrogens is 146 g/mol. The van der Waals surface area contributed by atoms with Gasteiger partial charge in [0.25, 0.3) is 0 Å². The van der Waals surface area contributed by atoms with Crippen LogP contribution in [0.4, 0.5) is 0 Å². The van der Waals surface area contributed by atoms with Gasteiger partial charge in [0.15, 0.2) is 0 Å². The molecule has 0 spiro atoms. The zero-order valence-electron chi connectivity index (χ0n) is 6.39. The van der Waals surface area contributed by atoms with Gasteiger partial charge in [-0.15, -0.1) is 11.8 Å². The summed E-state index contributed by atoms with van der Waals surface area (Å²) < 4.78 is 0. The average molecular weight is 159 g/mol. The van der Waals surface area contributed by atoms with Crippen LogP contribution in [0, 0.1) is 0 Å². The van der Waals surface area contributed by atoms with E-state index >= 15 is 0 Å². The molecule has 0 radical (unpaired) electrons. The fourth-order valence-corrected chi connectivity index (χ4v) is 2.11. The normalized spacial score (nSPS) is 33.6. The fraction of sp³-hybridized carbons (Fsp3) is 0.857. The highest BCUT2D eigenvalue weighted by atomic mass is 32.2. The molecule has 0 saturated carbocycles. The minimum Gasteiger partial charge on any atom is -0.352 e. The first-order valence-corrected chi connectivity index (χ1v) is 4.70. The van der Waals surface area contributed by atoms with Crippen LogP contribution in [-0.2, 0) is 4.79 Å². The number of carbonyl (C=O) groups is 1. The smallest absolute Gasteiger partial charge is 0.230 e. The lowest BCUT2D eigenvalue weighted by Gasteiger charge is -2.27. The Balaban J connectivity index is 2.45. The first kappa shape index (κ1) is 7.92. The summed E-state index contributed by atoms with van der Waals surface area (Å²) in [6.45, 7) is 4.27. The van der Waals surface area contributed by atoms with Gasteiger partial charge in [-0.3, -0.25) is 4.79 Å². The molecule has 1 amide bonds. The van der Waals surface area contributed by atoms with Crippen molar-refractivity contribution >= 4 is 17.7 Å². The van der Waals surface area contributed by atoms with Gasteiger partial charge in [0.2, 0.25) is 5.91 Å². The van der Waals surface area contributed by atoms with Crippen LogP contribution in [0.3, 0.4) is 0 Å². The first-order valence-electron chi connectivity index (χ1n) is 3.65. The molecule has 2 nitrogen and oxygen atoms in total. The Hall–Kier alpha value is -0.180. The Morgan fingerprint density at radius 2 is 2.50 bits per heavy atom. The summed E-state index contributed by atoms with van der Waals surface area (Å²) in [6, 6.07) is 0.395. The van der Waals surface area contributed by atoms with Crippen molar-refractivity contribution in [3.05, 3.63) is 0 Å². The van der Waals surface area contributed by atoms with Crippen LogP contribution in [0.25, 0.3) is 0 Å². The van der Waals surface area contributed by atoms with Crippen LogP contribution in [-0.4, -0.2) is 23.0 Å². The van der Waals surface area contributed by atoms with Crippen molar-refractivity contribution in [1.82, 2.24) is 5.32 Å². The molecule has 1 rings (SSSR count). The number of amides is 1. The molecule has 0 aliphatic carbocycles. The molecule has 1 aliphatic heterocycles. The number of nitrogens with one attached hydrogen (secondary N) is 1. The standard InChI is InChI=1S/C7H13NOS/c1-3-6-5(2)10-4-7(9)8-6/h5-6H,3-4H2,1-2H3,(H,8,9). The molecule has 1 saturated heterocycles. The van der Waals surface area contributed by atoms with Crippen LogP contribution < -0.4 is 5.32 Å². The summed E-state index contributed by atoms with van der Waals surface area (Å²) in [5.41, 5.74) is 0. The largest absolute Gasteiger partial charge is 0.352 e. The van der Waals surface area contributed by atoms with E-state index in [1.165, 1.54) is 0 Å². The van der Waals surface area contributed by atoms with Gasteiger partial charge < -0.3 is 5.32 Å². The maximum Gasteiger partial charge on any atom is 0.230 e. The van der Waals surface area contributed by atoms with E-state index in [0.29, 0.717) is 17.0 Å². The van der Waals surface area contributed by atoms with E-state index in [1.54, 1.807) is 11.8 Å². The summed E-state index contributed by atoms with van der Waals surface area (Å²) in [4.78, 5) is 10.8.